The number of nitriles is 2. The SMILES string of the molecule is CN(C)C(=O)/C(C#N)=C(\O)c1ccccc1C#N. The Morgan fingerprint density at radius 3 is 2.39 bits per heavy atom. The molecular weight excluding hydrogens is 230 g/mol. The molecule has 1 aromatic carbocycles. The van der Waals surface area contributed by atoms with Crippen LogP contribution in [0.3, 0.4) is 0 Å². The van der Waals surface area contributed by atoms with Crippen LogP contribution in [0.4, 0.5) is 0 Å². The molecule has 0 unspecified atom stereocenters. The van der Waals surface area contributed by atoms with Gasteiger partial charge in [-0.2, -0.15) is 10.5 Å². The van der Waals surface area contributed by atoms with Crippen LogP contribution in [0.1, 0.15) is 11.1 Å². The van der Waals surface area contributed by atoms with Crippen molar-refractivity contribution < 1.29 is 9.90 Å². The molecule has 0 aliphatic carbocycles. The summed E-state index contributed by atoms with van der Waals surface area (Å²) in [6, 6.07) is 9.78. The van der Waals surface area contributed by atoms with Crippen molar-refractivity contribution in [3.63, 3.8) is 0 Å². The third-order valence-corrected chi connectivity index (χ3v) is 2.27. The van der Waals surface area contributed by atoms with Crippen LogP contribution in [0.5, 0.6) is 0 Å². The number of carbonyl (C=O) groups is 1. The van der Waals surface area contributed by atoms with Gasteiger partial charge in [0.25, 0.3) is 5.91 Å². The van der Waals surface area contributed by atoms with E-state index in [0.29, 0.717) is 0 Å². The van der Waals surface area contributed by atoms with Crippen LogP contribution in [0.2, 0.25) is 0 Å². The molecule has 5 heteroatoms. The summed E-state index contributed by atoms with van der Waals surface area (Å²) in [5.41, 5.74) is -0.0104. The summed E-state index contributed by atoms with van der Waals surface area (Å²) in [7, 11) is 2.95. The van der Waals surface area contributed by atoms with Crippen LogP contribution in [0.15, 0.2) is 29.8 Å². The zero-order valence-electron chi connectivity index (χ0n) is 10.0. The zero-order valence-corrected chi connectivity index (χ0v) is 10.0. The Morgan fingerprint density at radius 2 is 1.89 bits per heavy atom. The molecule has 0 bridgehead atoms. The first-order chi connectivity index (χ1) is 8.52. The van der Waals surface area contributed by atoms with E-state index < -0.39 is 11.7 Å². The van der Waals surface area contributed by atoms with E-state index in [2.05, 4.69) is 0 Å². The second kappa shape index (κ2) is 5.51. The zero-order chi connectivity index (χ0) is 13.7. The van der Waals surface area contributed by atoms with E-state index in [9.17, 15) is 9.90 Å². The minimum absolute atomic E-state index is 0.173. The van der Waals surface area contributed by atoms with Crippen molar-refractivity contribution >= 4 is 11.7 Å². The smallest absolute Gasteiger partial charge is 0.267 e. The highest BCUT2D eigenvalue weighted by Gasteiger charge is 2.19. The molecule has 0 aliphatic heterocycles. The van der Waals surface area contributed by atoms with Crippen molar-refractivity contribution in [1.29, 1.82) is 10.5 Å². The van der Waals surface area contributed by atoms with Crippen molar-refractivity contribution in [3.05, 3.63) is 41.0 Å². The van der Waals surface area contributed by atoms with E-state index in [1.807, 2.05) is 6.07 Å². The van der Waals surface area contributed by atoms with Gasteiger partial charge in [-0.05, 0) is 12.1 Å². The lowest BCUT2D eigenvalue weighted by Crippen LogP contribution is -2.23. The highest BCUT2D eigenvalue weighted by molar-refractivity contribution is 6.03. The topological polar surface area (TPSA) is 88.1 Å². The lowest BCUT2D eigenvalue weighted by atomic mass is 10.0. The molecule has 0 heterocycles. The fraction of sp³-hybridized carbons (Fsp3) is 0.154. The number of nitrogens with zero attached hydrogens (tertiary/aromatic N) is 3. The van der Waals surface area contributed by atoms with Crippen LogP contribution in [-0.4, -0.2) is 30.0 Å². The molecule has 5 nitrogen and oxygen atoms in total. The number of aliphatic hydroxyl groups is 1. The highest BCUT2D eigenvalue weighted by atomic mass is 16.3. The molecule has 0 fully saturated rings. The summed E-state index contributed by atoms with van der Waals surface area (Å²) >= 11 is 0. The average molecular weight is 241 g/mol. The van der Waals surface area contributed by atoms with Gasteiger partial charge in [0, 0.05) is 19.7 Å². The molecule has 1 amide bonds. The Balaban J connectivity index is 3.43. The van der Waals surface area contributed by atoms with Gasteiger partial charge in [0.2, 0.25) is 0 Å². The fourth-order valence-corrected chi connectivity index (χ4v) is 1.35. The number of benzene rings is 1. The molecule has 0 spiro atoms. The van der Waals surface area contributed by atoms with Crippen LogP contribution < -0.4 is 0 Å². The van der Waals surface area contributed by atoms with Crippen LogP contribution >= 0.6 is 0 Å². The van der Waals surface area contributed by atoms with Gasteiger partial charge in [-0.3, -0.25) is 4.79 Å². The third-order valence-electron chi connectivity index (χ3n) is 2.27. The fourth-order valence-electron chi connectivity index (χ4n) is 1.35. The van der Waals surface area contributed by atoms with Gasteiger partial charge in [-0.15, -0.1) is 0 Å². The number of amides is 1. The summed E-state index contributed by atoms with van der Waals surface area (Å²) in [6.07, 6.45) is 0. The molecular formula is C13H11N3O2. The maximum atomic E-state index is 11.7. The summed E-state index contributed by atoms with van der Waals surface area (Å²) in [5, 5.41) is 27.8. The standard InChI is InChI=1S/C13H11N3O2/c1-16(2)13(18)11(8-15)12(17)10-6-4-3-5-9(10)7-14/h3-6,17H,1-2H3/b12-11-. The molecule has 0 atom stereocenters. The van der Waals surface area contributed by atoms with Gasteiger partial charge < -0.3 is 10.0 Å². The second-order valence-electron chi connectivity index (χ2n) is 3.69. The highest BCUT2D eigenvalue weighted by Crippen LogP contribution is 2.20. The van der Waals surface area contributed by atoms with E-state index >= 15 is 0 Å². The van der Waals surface area contributed by atoms with Crippen molar-refractivity contribution in [2.45, 2.75) is 0 Å². The normalized spacial score (nSPS) is 10.9. The Kier molecular flexibility index (Phi) is 4.07. The summed E-state index contributed by atoms with van der Waals surface area (Å²) in [6.45, 7) is 0. The van der Waals surface area contributed by atoms with E-state index in [4.69, 9.17) is 10.5 Å². The molecule has 0 saturated heterocycles. The molecule has 1 N–H and O–H groups in total. The lowest BCUT2D eigenvalue weighted by Gasteiger charge is -2.11. The second-order valence-corrected chi connectivity index (χ2v) is 3.69. The number of carbonyl (C=O) groups excluding carboxylic acids is 1. The largest absolute Gasteiger partial charge is 0.506 e. The van der Waals surface area contributed by atoms with Crippen LogP contribution in [0, 0.1) is 22.7 Å². The van der Waals surface area contributed by atoms with E-state index in [0.717, 1.165) is 0 Å². The van der Waals surface area contributed by atoms with Gasteiger partial charge in [-0.25, -0.2) is 0 Å². The quantitative estimate of drug-likeness (QED) is 0.482. The van der Waals surface area contributed by atoms with Crippen molar-refractivity contribution in [1.82, 2.24) is 4.90 Å². The Hall–Kier alpha value is -2.79. The maximum Gasteiger partial charge on any atom is 0.267 e. The first-order valence-corrected chi connectivity index (χ1v) is 5.07. The minimum atomic E-state index is -0.609. The molecule has 1 rings (SSSR count). The lowest BCUT2D eigenvalue weighted by molar-refractivity contribution is -0.124. The van der Waals surface area contributed by atoms with Gasteiger partial charge in [0.05, 0.1) is 11.6 Å². The molecule has 18 heavy (non-hydrogen) atoms. The van der Waals surface area contributed by atoms with E-state index in [1.54, 1.807) is 18.2 Å². The van der Waals surface area contributed by atoms with Gasteiger partial charge in [0.1, 0.15) is 11.8 Å². The number of aliphatic hydroxyl groups excluding tert-OH is 1. The van der Waals surface area contributed by atoms with Gasteiger partial charge >= 0.3 is 0 Å². The number of hydrogen-bond donors (Lipinski definition) is 1. The Bertz CT molecular complexity index is 589. The first kappa shape index (κ1) is 13.3. The first-order valence-electron chi connectivity index (χ1n) is 5.07. The van der Waals surface area contributed by atoms with Crippen molar-refractivity contribution in [3.8, 4) is 12.1 Å². The summed E-state index contributed by atoms with van der Waals surface area (Å²) < 4.78 is 0. The predicted molar refractivity (Wildman–Crippen MR) is 65.0 cm³/mol. The van der Waals surface area contributed by atoms with Crippen LogP contribution in [-0.2, 0) is 4.79 Å². The molecule has 1 aromatic rings. The Morgan fingerprint density at radius 1 is 1.28 bits per heavy atom. The summed E-state index contributed by atoms with van der Waals surface area (Å²) in [5.74, 6) is -1.09. The monoisotopic (exact) mass is 241 g/mol. The van der Waals surface area contributed by atoms with E-state index in [1.165, 1.54) is 31.1 Å². The molecule has 0 radical (unpaired) electrons. The van der Waals surface area contributed by atoms with Crippen molar-refractivity contribution in [2.24, 2.45) is 0 Å². The number of rotatable bonds is 2. The Labute approximate surface area is 105 Å². The predicted octanol–water partition coefficient (Wildman–Crippen LogP) is 1.44. The van der Waals surface area contributed by atoms with Crippen LogP contribution in [0.25, 0.3) is 5.76 Å². The minimum Gasteiger partial charge on any atom is -0.506 e. The molecule has 90 valence electrons. The van der Waals surface area contributed by atoms with Gasteiger partial charge in [0.15, 0.2) is 5.57 Å². The van der Waals surface area contributed by atoms with Crippen molar-refractivity contribution in [2.75, 3.05) is 14.1 Å². The molecule has 0 aromatic heterocycles. The summed E-state index contributed by atoms with van der Waals surface area (Å²) in [4.78, 5) is 12.9. The average Bonchev–Trinajstić information content (AvgIpc) is 2.39. The number of likely N-dealkylation sites (N-methyl/N-ethyl adjacent to an activating group) is 1. The molecule has 0 aliphatic rings. The maximum absolute atomic E-state index is 11.7. The van der Waals surface area contributed by atoms with E-state index in [-0.39, 0.29) is 16.7 Å². The molecule has 0 saturated carbocycles. The van der Waals surface area contributed by atoms with Gasteiger partial charge in [-0.1, -0.05) is 12.1 Å². The number of hydrogen-bond acceptors (Lipinski definition) is 4. The third kappa shape index (κ3) is 2.47.